The minimum Gasteiger partial charge on any atom is -0.456 e. The Labute approximate surface area is 292 Å². The first-order chi connectivity index (χ1) is 23.9. The molecule has 3 heterocycles. The van der Waals surface area contributed by atoms with Crippen LogP contribution in [0.5, 0.6) is 0 Å². The topological polar surface area (TPSA) is 137 Å². The third-order valence-corrected chi connectivity index (χ3v) is 8.34. The maximum atomic E-state index is 15.3. The Bertz CT molecular complexity index is 2070. The van der Waals surface area contributed by atoms with Crippen molar-refractivity contribution in [3.63, 3.8) is 0 Å². The molecule has 2 aromatic heterocycles. The minimum absolute atomic E-state index is 0.00575. The lowest BCUT2D eigenvalue weighted by molar-refractivity contribution is -0.135. The van der Waals surface area contributed by atoms with Gasteiger partial charge in [0.2, 0.25) is 5.91 Å². The van der Waals surface area contributed by atoms with Gasteiger partial charge in [0.25, 0.3) is 5.91 Å². The second-order valence-electron chi connectivity index (χ2n) is 12.7. The molecule has 0 radical (unpaired) electrons. The van der Waals surface area contributed by atoms with E-state index in [-0.39, 0.29) is 22.8 Å². The second kappa shape index (κ2) is 14.0. The van der Waals surface area contributed by atoms with E-state index in [1.165, 1.54) is 40.2 Å². The van der Waals surface area contributed by atoms with Gasteiger partial charge in [-0.3, -0.25) is 14.3 Å². The van der Waals surface area contributed by atoms with Crippen LogP contribution in [0, 0.1) is 12.7 Å². The fraction of sp³-hybridized carbons (Fsp3) is 0.250. The average molecular weight is 697 g/mol. The van der Waals surface area contributed by atoms with E-state index in [2.05, 4.69) is 20.8 Å². The molecule has 3 aromatic carbocycles. The van der Waals surface area contributed by atoms with E-state index in [9.17, 15) is 14.4 Å². The lowest BCUT2D eigenvalue weighted by Gasteiger charge is -2.35. The summed E-state index contributed by atoms with van der Waals surface area (Å²) in [6, 6.07) is 18.0. The highest BCUT2D eigenvalue weighted by molar-refractivity contribution is 6.31. The molecule has 1 unspecified atom stereocenters. The number of carbonyl (C=O) groups is 3. The molecule has 1 atom stereocenters. The van der Waals surface area contributed by atoms with Gasteiger partial charge in [0, 0.05) is 41.5 Å². The van der Waals surface area contributed by atoms with Crippen LogP contribution in [-0.2, 0) is 27.3 Å². The molecule has 50 heavy (non-hydrogen) atoms. The number of aromatic nitrogens is 6. The van der Waals surface area contributed by atoms with Crippen molar-refractivity contribution in [1.82, 2.24) is 34.9 Å². The van der Waals surface area contributed by atoms with Crippen LogP contribution >= 0.6 is 11.6 Å². The predicted molar refractivity (Wildman–Crippen MR) is 184 cm³/mol. The van der Waals surface area contributed by atoms with Crippen molar-refractivity contribution in [1.29, 1.82) is 0 Å². The summed E-state index contributed by atoms with van der Waals surface area (Å²) in [7, 11) is 0. The van der Waals surface area contributed by atoms with Crippen LogP contribution < -0.4 is 5.32 Å². The highest BCUT2D eigenvalue weighted by Crippen LogP contribution is 2.35. The standard InChI is InChI=1S/C36H34ClFN8O4/c1-22-31-29(45(41-22)20-23-8-6-5-7-9-23)18-19-44(30(47)17-14-26-28(46-21-39-42-43-46)16-15-27(37)32(26)38)33(31)34(48)40-25-12-10-24(11-13-25)35(49)50-36(2,3)4/h5-17,21,33H,18-20H2,1-4H3,(H,40,48)/b17-14+. The van der Waals surface area contributed by atoms with Gasteiger partial charge in [0.1, 0.15) is 18.0 Å². The van der Waals surface area contributed by atoms with Crippen LogP contribution in [0.3, 0.4) is 0 Å². The summed E-state index contributed by atoms with van der Waals surface area (Å²) in [4.78, 5) is 42.1. The third-order valence-electron chi connectivity index (χ3n) is 8.05. The van der Waals surface area contributed by atoms with E-state index in [1.807, 2.05) is 35.0 Å². The smallest absolute Gasteiger partial charge is 0.338 e. The monoisotopic (exact) mass is 696 g/mol. The van der Waals surface area contributed by atoms with Gasteiger partial charge in [-0.05, 0) is 86.2 Å². The van der Waals surface area contributed by atoms with Crippen LogP contribution in [0.4, 0.5) is 10.1 Å². The second-order valence-corrected chi connectivity index (χ2v) is 13.1. The van der Waals surface area contributed by atoms with Gasteiger partial charge in [-0.1, -0.05) is 41.9 Å². The first-order valence-electron chi connectivity index (χ1n) is 15.8. The Balaban J connectivity index is 1.33. The molecule has 1 aliphatic rings. The molecule has 0 spiro atoms. The van der Waals surface area contributed by atoms with Gasteiger partial charge in [0.15, 0.2) is 5.82 Å². The molecule has 0 aliphatic carbocycles. The number of nitrogens with zero attached hydrogens (tertiary/aromatic N) is 7. The lowest BCUT2D eigenvalue weighted by Crippen LogP contribution is -2.45. The number of anilines is 1. The number of rotatable bonds is 8. The van der Waals surface area contributed by atoms with Crippen LogP contribution in [0.25, 0.3) is 11.8 Å². The largest absolute Gasteiger partial charge is 0.456 e. The molecule has 5 aromatic rings. The first kappa shape index (κ1) is 34.2. The van der Waals surface area contributed by atoms with Crippen molar-refractivity contribution in [2.24, 2.45) is 0 Å². The number of aryl methyl sites for hydroxylation is 1. The molecule has 14 heteroatoms. The number of esters is 1. The number of halogens is 2. The number of amides is 2. The van der Waals surface area contributed by atoms with Crippen molar-refractivity contribution in [2.75, 3.05) is 11.9 Å². The summed E-state index contributed by atoms with van der Waals surface area (Å²) >= 11 is 6.09. The number of carbonyl (C=O) groups excluding carboxylic acids is 3. The van der Waals surface area contributed by atoms with Gasteiger partial charge < -0.3 is 15.0 Å². The molecule has 2 amide bonds. The quantitative estimate of drug-likeness (QED) is 0.160. The van der Waals surface area contributed by atoms with Crippen molar-refractivity contribution in [3.8, 4) is 5.69 Å². The lowest BCUT2D eigenvalue weighted by atomic mass is 9.95. The number of fused-ring (bicyclic) bond motifs is 1. The predicted octanol–water partition coefficient (Wildman–Crippen LogP) is 5.74. The van der Waals surface area contributed by atoms with Gasteiger partial charge >= 0.3 is 5.97 Å². The average Bonchev–Trinajstić information content (AvgIpc) is 3.73. The Morgan fingerprint density at radius 3 is 2.48 bits per heavy atom. The molecular formula is C36H34ClFN8O4. The van der Waals surface area contributed by atoms with Crippen molar-refractivity contribution >= 4 is 41.1 Å². The van der Waals surface area contributed by atoms with Crippen molar-refractivity contribution in [2.45, 2.75) is 52.3 Å². The van der Waals surface area contributed by atoms with Crippen molar-refractivity contribution < 1.29 is 23.5 Å². The number of hydrogen-bond acceptors (Lipinski definition) is 8. The molecule has 6 rings (SSSR count). The molecular weight excluding hydrogens is 663 g/mol. The zero-order chi connectivity index (χ0) is 35.6. The molecule has 256 valence electrons. The third kappa shape index (κ3) is 7.32. The van der Waals surface area contributed by atoms with E-state index in [0.717, 1.165) is 11.3 Å². The molecule has 12 nitrogen and oxygen atoms in total. The molecule has 0 saturated carbocycles. The summed E-state index contributed by atoms with van der Waals surface area (Å²) in [6.07, 6.45) is 4.22. The van der Waals surface area contributed by atoms with Gasteiger partial charge in [-0.15, -0.1) is 5.10 Å². The van der Waals surface area contributed by atoms with E-state index in [0.29, 0.717) is 35.5 Å². The van der Waals surface area contributed by atoms with Crippen LogP contribution in [0.15, 0.2) is 79.1 Å². The van der Waals surface area contributed by atoms with E-state index in [1.54, 1.807) is 52.0 Å². The van der Waals surface area contributed by atoms with Gasteiger partial charge in [-0.25, -0.2) is 9.18 Å². The zero-order valence-corrected chi connectivity index (χ0v) is 28.6. The Hall–Kier alpha value is -5.69. The fourth-order valence-electron chi connectivity index (χ4n) is 5.84. The minimum atomic E-state index is -1.07. The Morgan fingerprint density at radius 1 is 1.06 bits per heavy atom. The van der Waals surface area contributed by atoms with Gasteiger partial charge in [0.05, 0.1) is 28.5 Å². The molecule has 1 aliphatic heterocycles. The number of tetrazole rings is 1. The Kier molecular flexibility index (Phi) is 9.60. The summed E-state index contributed by atoms with van der Waals surface area (Å²) in [6.45, 7) is 7.82. The normalized spacial score (nSPS) is 14.4. The molecule has 0 fully saturated rings. The SMILES string of the molecule is Cc1nn(Cc2ccccc2)c2c1C(C(=O)Nc1ccc(C(=O)OC(C)(C)C)cc1)N(C(=O)/C=C/c1c(-n3cnnn3)ccc(Cl)c1F)CC2. The van der Waals surface area contributed by atoms with Gasteiger partial charge in [-0.2, -0.15) is 9.78 Å². The highest BCUT2D eigenvalue weighted by Gasteiger charge is 2.39. The number of benzene rings is 3. The molecule has 0 bridgehead atoms. The van der Waals surface area contributed by atoms with Crippen molar-refractivity contribution in [3.05, 3.63) is 124 Å². The van der Waals surface area contributed by atoms with Crippen LogP contribution in [-0.4, -0.2) is 64.8 Å². The summed E-state index contributed by atoms with van der Waals surface area (Å²) < 4.78 is 23.9. The van der Waals surface area contributed by atoms with Crippen LogP contribution in [0.1, 0.15) is 65.2 Å². The van der Waals surface area contributed by atoms with E-state index in [4.69, 9.17) is 21.4 Å². The first-order valence-corrected chi connectivity index (χ1v) is 16.2. The van der Waals surface area contributed by atoms with E-state index >= 15 is 4.39 Å². The molecule has 0 saturated heterocycles. The fourth-order valence-corrected chi connectivity index (χ4v) is 6.01. The number of ether oxygens (including phenoxy) is 1. The maximum Gasteiger partial charge on any atom is 0.338 e. The van der Waals surface area contributed by atoms with E-state index < -0.39 is 35.2 Å². The summed E-state index contributed by atoms with van der Waals surface area (Å²) in [5.74, 6) is -2.26. The number of nitrogens with one attached hydrogen (secondary N) is 1. The molecule has 1 N–H and O–H groups in total. The number of hydrogen-bond donors (Lipinski definition) is 1. The zero-order valence-electron chi connectivity index (χ0n) is 27.8. The maximum absolute atomic E-state index is 15.3. The summed E-state index contributed by atoms with van der Waals surface area (Å²) in [5, 5.41) is 18.6. The summed E-state index contributed by atoms with van der Waals surface area (Å²) in [5.41, 5.74) is 3.42. The highest BCUT2D eigenvalue weighted by atomic mass is 35.5. The Morgan fingerprint density at radius 2 is 1.80 bits per heavy atom. The van der Waals surface area contributed by atoms with Crippen LogP contribution in [0.2, 0.25) is 5.02 Å².